The minimum absolute atomic E-state index is 0.380. The second-order valence-electron chi connectivity index (χ2n) is 12.8. The first kappa shape index (κ1) is 26.3. The van der Waals surface area contributed by atoms with Crippen LogP contribution >= 0.6 is 0 Å². The highest BCUT2D eigenvalue weighted by Gasteiger charge is 2.36. The van der Waals surface area contributed by atoms with Crippen LogP contribution in [0.2, 0.25) is 0 Å². The van der Waals surface area contributed by atoms with E-state index in [9.17, 15) is 10.5 Å². The average Bonchev–Trinajstić information content (AvgIpc) is 3.43. The van der Waals surface area contributed by atoms with Crippen LogP contribution in [-0.2, 0) is 5.41 Å². The first-order chi connectivity index (χ1) is 22.5. The molecule has 3 nitrogen and oxygen atoms in total. The molecule has 0 bridgehead atoms. The quantitative estimate of drug-likeness (QED) is 0.190. The van der Waals surface area contributed by atoms with Crippen molar-refractivity contribution in [1.82, 2.24) is 4.57 Å². The van der Waals surface area contributed by atoms with Crippen LogP contribution in [0.25, 0.3) is 71.3 Å². The standard InChI is InChI=1S/C43H27N3/c1-43(2)36-23-29(41-32-14-8-6-12-30(32)40(28-10-4-3-5-11-28)31-13-7-9-15-33(31)41)17-19-39(36)46-38-18-16-26(24-44)20-34(38)35-21-27(25-45)22-37(43)42(35)46/h3-23H,1-2H3. The van der Waals surface area contributed by atoms with E-state index < -0.39 is 0 Å². The monoisotopic (exact) mass is 585 g/mol. The lowest BCUT2D eigenvalue weighted by Crippen LogP contribution is -2.26. The SMILES string of the molecule is CC1(C)c2cc(-c3c4ccccc4c(-c4ccccc4)c4ccccc34)ccc2-n2c3ccc(C#N)cc3c3cc(C#N)cc1c32. The smallest absolute Gasteiger partial charge is 0.0991 e. The van der Waals surface area contributed by atoms with Gasteiger partial charge in [0.2, 0.25) is 0 Å². The summed E-state index contributed by atoms with van der Waals surface area (Å²) in [7, 11) is 0. The molecular weight excluding hydrogens is 558 g/mol. The summed E-state index contributed by atoms with van der Waals surface area (Å²) in [6.45, 7) is 4.53. The van der Waals surface area contributed by atoms with Gasteiger partial charge >= 0.3 is 0 Å². The highest BCUT2D eigenvalue weighted by Crippen LogP contribution is 2.50. The predicted molar refractivity (Wildman–Crippen MR) is 188 cm³/mol. The van der Waals surface area contributed by atoms with Gasteiger partial charge in [0.1, 0.15) is 0 Å². The molecule has 0 aliphatic carbocycles. The van der Waals surface area contributed by atoms with Crippen molar-refractivity contribution in [1.29, 1.82) is 10.5 Å². The Bertz CT molecular complexity index is 2620. The van der Waals surface area contributed by atoms with Crippen molar-refractivity contribution in [3.05, 3.63) is 150 Å². The van der Waals surface area contributed by atoms with Crippen LogP contribution in [0.5, 0.6) is 0 Å². The highest BCUT2D eigenvalue weighted by molar-refractivity contribution is 6.21. The number of nitriles is 2. The van der Waals surface area contributed by atoms with Gasteiger partial charge in [0.05, 0.1) is 40.0 Å². The van der Waals surface area contributed by atoms with Gasteiger partial charge in [-0.25, -0.2) is 0 Å². The summed E-state index contributed by atoms with van der Waals surface area (Å²) in [6.07, 6.45) is 0. The molecule has 8 aromatic rings. The zero-order valence-corrected chi connectivity index (χ0v) is 25.5. The largest absolute Gasteiger partial charge is 0.309 e. The number of fused-ring (bicyclic) bond motifs is 7. The molecule has 7 aromatic carbocycles. The molecule has 1 aromatic heterocycles. The summed E-state index contributed by atoms with van der Waals surface area (Å²) < 4.78 is 2.33. The minimum atomic E-state index is -0.380. The molecule has 0 atom stereocenters. The number of hydrogen-bond acceptors (Lipinski definition) is 2. The molecule has 9 rings (SSSR count). The van der Waals surface area contributed by atoms with E-state index in [-0.39, 0.29) is 5.41 Å². The molecule has 214 valence electrons. The van der Waals surface area contributed by atoms with E-state index in [1.165, 1.54) is 43.8 Å². The molecule has 0 N–H and O–H groups in total. The van der Waals surface area contributed by atoms with Crippen molar-refractivity contribution in [2.75, 3.05) is 0 Å². The van der Waals surface area contributed by atoms with E-state index in [2.05, 4.69) is 134 Å². The normalized spacial score (nSPS) is 13.1. The number of rotatable bonds is 2. The third-order valence-corrected chi connectivity index (χ3v) is 9.99. The van der Waals surface area contributed by atoms with E-state index in [1.807, 2.05) is 24.3 Å². The molecule has 0 fully saturated rings. The second-order valence-corrected chi connectivity index (χ2v) is 12.8. The predicted octanol–water partition coefficient (Wildman–Crippen LogP) is 10.8. The van der Waals surface area contributed by atoms with Crippen LogP contribution < -0.4 is 0 Å². The van der Waals surface area contributed by atoms with Gasteiger partial charge in [0, 0.05) is 16.2 Å². The Morgan fingerprint density at radius 3 is 1.72 bits per heavy atom. The van der Waals surface area contributed by atoms with Gasteiger partial charge in [0.25, 0.3) is 0 Å². The number of aromatic nitrogens is 1. The number of benzene rings is 7. The Hall–Kier alpha value is -6.16. The zero-order valence-electron chi connectivity index (χ0n) is 25.5. The fourth-order valence-corrected chi connectivity index (χ4v) is 7.90. The van der Waals surface area contributed by atoms with Gasteiger partial charge < -0.3 is 4.57 Å². The van der Waals surface area contributed by atoms with Crippen LogP contribution in [0.4, 0.5) is 0 Å². The van der Waals surface area contributed by atoms with Crippen LogP contribution in [-0.4, -0.2) is 4.57 Å². The van der Waals surface area contributed by atoms with Gasteiger partial charge in [0.15, 0.2) is 0 Å². The van der Waals surface area contributed by atoms with Crippen LogP contribution in [0, 0.1) is 22.7 Å². The molecule has 0 amide bonds. The Kier molecular flexibility index (Phi) is 5.38. The third-order valence-electron chi connectivity index (χ3n) is 9.99. The Morgan fingerprint density at radius 1 is 0.500 bits per heavy atom. The molecule has 0 spiro atoms. The Balaban J connectivity index is 1.39. The molecule has 1 aliphatic heterocycles. The van der Waals surface area contributed by atoms with Gasteiger partial charge in [-0.15, -0.1) is 0 Å². The fourth-order valence-electron chi connectivity index (χ4n) is 7.90. The Morgan fingerprint density at radius 2 is 1.09 bits per heavy atom. The fraction of sp³-hybridized carbons (Fsp3) is 0.0698. The van der Waals surface area contributed by atoms with E-state index in [1.54, 1.807) is 0 Å². The summed E-state index contributed by atoms with van der Waals surface area (Å²) in [6, 6.07) is 49.7. The van der Waals surface area contributed by atoms with Gasteiger partial charge in [-0.05, 0) is 97.4 Å². The van der Waals surface area contributed by atoms with Crippen LogP contribution in [0.3, 0.4) is 0 Å². The van der Waals surface area contributed by atoms with E-state index in [4.69, 9.17) is 0 Å². The van der Waals surface area contributed by atoms with Gasteiger partial charge in [-0.1, -0.05) is 98.8 Å². The zero-order chi connectivity index (χ0) is 31.2. The van der Waals surface area contributed by atoms with Crippen molar-refractivity contribution in [3.8, 4) is 40.1 Å². The molecule has 0 radical (unpaired) electrons. The number of hydrogen-bond donors (Lipinski definition) is 0. The third kappa shape index (κ3) is 3.46. The van der Waals surface area contributed by atoms with Crippen LogP contribution in [0.15, 0.2) is 127 Å². The summed E-state index contributed by atoms with van der Waals surface area (Å²) in [5.74, 6) is 0. The maximum atomic E-state index is 10.1. The van der Waals surface area contributed by atoms with E-state index in [0.717, 1.165) is 38.6 Å². The molecule has 0 unspecified atom stereocenters. The van der Waals surface area contributed by atoms with E-state index in [0.29, 0.717) is 11.1 Å². The average molecular weight is 586 g/mol. The minimum Gasteiger partial charge on any atom is -0.309 e. The van der Waals surface area contributed by atoms with Crippen molar-refractivity contribution in [2.24, 2.45) is 0 Å². The lowest BCUT2D eigenvalue weighted by atomic mass is 9.73. The summed E-state index contributed by atoms with van der Waals surface area (Å²) in [5, 5.41) is 26.7. The van der Waals surface area contributed by atoms with Crippen molar-refractivity contribution >= 4 is 43.4 Å². The molecular formula is C43H27N3. The summed E-state index contributed by atoms with van der Waals surface area (Å²) in [5.41, 5.74) is 11.3. The van der Waals surface area contributed by atoms with Gasteiger partial charge in [-0.2, -0.15) is 10.5 Å². The maximum Gasteiger partial charge on any atom is 0.0991 e. The van der Waals surface area contributed by atoms with Gasteiger partial charge in [-0.3, -0.25) is 0 Å². The van der Waals surface area contributed by atoms with Crippen molar-refractivity contribution < 1.29 is 0 Å². The lowest BCUT2D eigenvalue weighted by molar-refractivity contribution is 0.630. The number of nitrogens with zero attached hydrogens (tertiary/aromatic N) is 3. The molecule has 0 saturated carbocycles. The Labute approximate surface area is 266 Å². The first-order valence-electron chi connectivity index (χ1n) is 15.6. The first-order valence-corrected chi connectivity index (χ1v) is 15.6. The van der Waals surface area contributed by atoms with Crippen molar-refractivity contribution in [3.63, 3.8) is 0 Å². The summed E-state index contributed by atoms with van der Waals surface area (Å²) >= 11 is 0. The summed E-state index contributed by atoms with van der Waals surface area (Å²) in [4.78, 5) is 0. The second kappa shape index (κ2) is 9.42. The molecule has 46 heavy (non-hydrogen) atoms. The van der Waals surface area contributed by atoms with E-state index >= 15 is 0 Å². The molecule has 2 heterocycles. The maximum absolute atomic E-state index is 10.1. The molecule has 0 saturated heterocycles. The molecule has 1 aliphatic rings. The molecule has 3 heteroatoms. The van der Waals surface area contributed by atoms with Crippen molar-refractivity contribution in [2.45, 2.75) is 19.3 Å². The highest BCUT2D eigenvalue weighted by atomic mass is 15.0. The lowest BCUT2D eigenvalue weighted by Gasteiger charge is -2.35. The topological polar surface area (TPSA) is 52.5 Å². The van der Waals surface area contributed by atoms with Crippen LogP contribution in [0.1, 0.15) is 36.1 Å².